The van der Waals surface area contributed by atoms with Gasteiger partial charge in [-0.1, -0.05) is 0 Å². The fraction of sp³-hybridized carbons (Fsp3) is 1.00. The zero-order valence-corrected chi connectivity index (χ0v) is 20.7. The Labute approximate surface area is 188 Å². The third-order valence-corrected chi connectivity index (χ3v) is 5.33. The number of ether oxygens (including phenoxy) is 2. The van der Waals surface area contributed by atoms with Gasteiger partial charge in [-0.3, -0.25) is 0 Å². The van der Waals surface area contributed by atoms with Crippen LogP contribution in [0, 0.1) is 0 Å². The van der Waals surface area contributed by atoms with E-state index < -0.39 is 75.3 Å². The fourth-order valence-corrected chi connectivity index (χ4v) is 3.41. The van der Waals surface area contributed by atoms with Crippen molar-refractivity contribution < 1.29 is 66.8 Å². The van der Waals surface area contributed by atoms with Crippen molar-refractivity contribution in [2.75, 3.05) is 13.2 Å². The summed E-state index contributed by atoms with van der Waals surface area (Å²) in [5.74, 6) is 0. The molecule has 0 bridgehead atoms. The molecule has 2 saturated heterocycles. The van der Waals surface area contributed by atoms with Crippen molar-refractivity contribution in [1.29, 1.82) is 0 Å². The van der Waals surface area contributed by atoms with Crippen LogP contribution in [0.4, 0.5) is 0 Å². The third kappa shape index (κ3) is 8.89. The van der Waals surface area contributed by atoms with Crippen LogP contribution in [0.5, 0.6) is 0 Å². The Morgan fingerprint density at radius 2 is 0.889 bits per heavy atom. The van der Waals surface area contributed by atoms with Crippen molar-refractivity contribution in [2.45, 2.75) is 58.8 Å². The van der Waals surface area contributed by atoms with Gasteiger partial charge >= 0.3 is 190 Å². The second kappa shape index (κ2) is 14.8. The predicted molar refractivity (Wildman–Crippen MR) is 90.7 cm³/mol. The monoisotopic (exact) mass is 751 g/mol. The molecule has 27 heavy (non-hydrogen) atoms. The van der Waals surface area contributed by atoms with Crippen molar-refractivity contribution in [3.63, 3.8) is 0 Å². The van der Waals surface area contributed by atoms with E-state index in [1.807, 2.05) is 0 Å². The van der Waals surface area contributed by atoms with Gasteiger partial charge in [-0.15, -0.1) is 0 Å². The van der Waals surface area contributed by atoms with Crippen LogP contribution in [-0.2, 0) is 26.0 Å². The van der Waals surface area contributed by atoms with Crippen molar-refractivity contribution in [1.82, 2.24) is 0 Å². The first-order valence-electron chi connectivity index (χ1n) is 7.32. The molecule has 2 aliphatic heterocycles. The molecule has 2 rings (SSSR count). The zero-order chi connectivity index (χ0) is 21.3. The van der Waals surface area contributed by atoms with E-state index >= 15 is 0 Å². The third-order valence-electron chi connectivity index (χ3n) is 3.70. The number of hydrogen-bond acceptors (Lipinski definition) is 10. The van der Waals surface area contributed by atoms with Gasteiger partial charge in [-0.25, -0.2) is 0 Å². The first kappa shape index (κ1) is 28.9. The Balaban J connectivity index is 0.000000438. The van der Waals surface area contributed by atoms with E-state index in [0.29, 0.717) is 0 Å². The number of halogens is 2. The molecule has 10 atom stereocenters. The van der Waals surface area contributed by atoms with Gasteiger partial charge in [0.25, 0.3) is 0 Å². The second-order valence-electron chi connectivity index (χ2n) is 5.44. The number of hydrogen-bond donors (Lipinski definition) is 8. The molecule has 2 heterocycles. The standard InChI is InChI=1S/2C6H11O5Se.2ClH.Pt/c2*7-1-2-3(8)4(9)5(10)6(12)11-2;;;/h2*2-10H,1H2;2*1H;/q;;;;+2/p-2/t2*2-,3-,4+,5-,6+;;;/m11.../s1. The molecule has 10 nitrogen and oxygen atoms in total. The van der Waals surface area contributed by atoms with Crippen LogP contribution in [0.3, 0.4) is 0 Å². The maximum absolute atomic E-state index is 9.22. The van der Waals surface area contributed by atoms with Crippen molar-refractivity contribution >= 4 is 50.9 Å². The van der Waals surface area contributed by atoms with E-state index in [1.165, 1.54) is 0 Å². The summed E-state index contributed by atoms with van der Waals surface area (Å²) >= 11 is 4.51. The van der Waals surface area contributed by atoms with Crippen LogP contribution in [0.15, 0.2) is 0 Å². The van der Waals surface area contributed by atoms with Gasteiger partial charge < -0.3 is 0 Å². The van der Waals surface area contributed by atoms with Crippen LogP contribution in [0.1, 0.15) is 0 Å². The van der Waals surface area contributed by atoms with Crippen LogP contribution in [0.2, 0.25) is 0 Å². The van der Waals surface area contributed by atoms with Crippen LogP contribution < -0.4 is 0 Å². The van der Waals surface area contributed by atoms with E-state index in [2.05, 4.69) is 32.0 Å². The minimum atomic E-state index is -1.28. The molecular formula is C12H22Cl2O10PtSe2. The predicted octanol–water partition coefficient (Wildman–Crippen LogP) is -4.71. The normalized spacial score (nSPS) is 44.6. The molecule has 2 fully saturated rings. The average Bonchev–Trinajstić information content (AvgIpc) is 2.65. The molecule has 0 spiro atoms. The number of aliphatic hydroxyl groups is 8. The molecule has 0 saturated carbocycles. The molecule has 2 aliphatic rings. The molecule has 2 radical (unpaired) electrons. The summed E-state index contributed by atoms with van der Waals surface area (Å²) in [4.78, 5) is 0. The van der Waals surface area contributed by atoms with E-state index in [-0.39, 0.29) is 13.2 Å². The first-order valence-corrected chi connectivity index (χ1v) is 14.9. The molecule has 166 valence electrons. The Morgan fingerprint density at radius 3 is 1.11 bits per heavy atom. The maximum atomic E-state index is 9.22. The minimum absolute atomic E-state index is 0.386. The Bertz CT molecular complexity index is 364. The SMILES string of the molecule is OC[C@H]1O[C@@H]([Se])[C@H](O)[C@@H](O)[C@@H]1O.OC[C@H]1O[C@@H]([Se])[C@H](O)[C@@H](O)[C@@H]1O.[Cl][Pt][Cl]. The van der Waals surface area contributed by atoms with Crippen LogP contribution in [-0.4, -0.2) is 145 Å². The topological polar surface area (TPSA) is 180 Å². The van der Waals surface area contributed by atoms with E-state index in [0.717, 1.165) is 0 Å². The van der Waals surface area contributed by atoms with Crippen molar-refractivity contribution in [2.24, 2.45) is 0 Å². The summed E-state index contributed by atoms with van der Waals surface area (Å²) in [6.07, 6.45) is -9.01. The number of aliphatic hydroxyl groups excluding tert-OH is 8. The van der Waals surface area contributed by atoms with Crippen LogP contribution in [0.25, 0.3) is 0 Å². The zero-order valence-electron chi connectivity index (χ0n) is 13.5. The van der Waals surface area contributed by atoms with Crippen molar-refractivity contribution in [3.05, 3.63) is 0 Å². The van der Waals surface area contributed by atoms with Gasteiger partial charge in [-0.05, 0) is 0 Å². The first-order chi connectivity index (χ1) is 12.6. The Hall–Kier alpha value is 1.91. The quantitative estimate of drug-likeness (QED) is 0.128. The van der Waals surface area contributed by atoms with Crippen molar-refractivity contribution in [3.8, 4) is 0 Å². The summed E-state index contributed by atoms with van der Waals surface area (Å²) in [5, 5.41) is 71.2. The van der Waals surface area contributed by atoms with Crippen LogP contribution >= 0.6 is 18.8 Å². The summed E-state index contributed by atoms with van der Waals surface area (Å²) < 4.78 is 9.93. The van der Waals surface area contributed by atoms with Gasteiger partial charge in [0.1, 0.15) is 0 Å². The summed E-state index contributed by atoms with van der Waals surface area (Å²) in [6.45, 7) is -0.772. The summed E-state index contributed by atoms with van der Waals surface area (Å²) in [7, 11) is 9.75. The van der Waals surface area contributed by atoms with Gasteiger partial charge in [0.15, 0.2) is 0 Å². The average molecular weight is 750 g/mol. The summed E-state index contributed by atoms with van der Waals surface area (Å²) in [6, 6.07) is 0. The molecule has 15 heteroatoms. The molecule has 0 aliphatic carbocycles. The second-order valence-corrected chi connectivity index (χ2v) is 10.7. The molecular weight excluding hydrogens is 728 g/mol. The molecule has 0 amide bonds. The van der Waals surface area contributed by atoms with E-state index in [1.54, 1.807) is 0 Å². The molecule has 8 N–H and O–H groups in total. The Morgan fingerprint density at radius 1 is 0.630 bits per heavy atom. The molecule has 0 aromatic rings. The molecule has 0 unspecified atom stereocenters. The number of rotatable bonds is 2. The summed E-state index contributed by atoms with van der Waals surface area (Å²) in [5.41, 5.74) is 0. The van der Waals surface area contributed by atoms with Gasteiger partial charge in [0.05, 0.1) is 0 Å². The fourth-order valence-electron chi connectivity index (χ4n) is 2.13. The Kier molecular flexibility index (Phi) is 15.9. The van der Waals surface area contributed by atoms with Gasteiger partial charge in [-0.2, -0.15) is 0 Å². The van der Waals surface area contributed by atoms with E-state index in [4.69, 9.17) is 38.5 Å². The molecule has 0 aromatic heterocycles. The van der Waals surface area contributed by atoms with Gasteiger partial charge in [0.2, 0.25) is 0 Å². The van der Waals surface area contributed by atoms with E-state index in [9.17, 15) is 30.6 Å². The molecule has 0 aromatic carbocycles. The van der Waals surface area contributed by atoms with Gasteiger partial charge in [0, 0.05) is 0 Å².